The summed E-state index contributed by atoms with van der Waals surface area (Å²) in [5, 5.41) is 5.15. The van der Waals surface area contributed by atoms with Crippen molar-refractivity contribution in [3.05, 3.63) is 52.4 Å². The van der Waals surface area contributed by atoms with Gasteiger partial charge in [0.05, 0.1) is 19.2 Å². The van der Waals surface area contributed by atoms with Gasteiger partial charge in [-0.2, -0.15) is 0 Å². The highest BCUT2D eigenvalue weighted by Gasteiger charge is 2.21. The molecule has 0 aliphatic carbocycles. The number of carbonyl (C=O) groups excluding carboxylic acids is 2. The van der Waals surface area contributed by atoms with E-state index in [-0.39, 0.29) is 5.91 Å². The number of nitrogens with zero attached hydrogens (tertiary/aromatic N) is 2. The van der Waals surface area contributed by atoms with Crippen molar-refractivity contribution in [3.8, 4) is 0 Å². The molecule has 0 atom stereocenters. The summed E-state index contributed by atoms with van der Waals surface area (Å²) in [5.74, 6) is -0.536. The Morgan fingerprint density at radius 2 is 1.81 bits per heavy atom. The molecule has 6 nitrogen and oxygen atoms in total. The SMILES string of the molecule is COC(=O)c1ccsc1NC(=O)CN1CCN(Cc2ccccc2C)CC1. The topological polar surface area (TPSA) is 61.9 Å². The molecule has 144 valence electrons. The van der Waals surface area contributed by atoms with E-state index in [1.54, 1.807) is 11.4 Å². The van der Waals surface area contributed by atoms with Crippen LogP contribution in [0.15, 0.2) is 35.7 Å². The minimum Gasteiger partial charge on any atom is -0.465 e. The highest BCUT2D eigenvalue weighted by molar-refractivity contribution is 7.14. The fourth-order valence-electron chi connectivity index (χ4n) is 3.18. The molecule has 1 aromatic heterocycles. The van der Waals surface area contributed by atoms with Crippen LogP contribution in [0.1, 0.15) is 21.5 Å². The Labute approximate surface area is 163 Å². The maximum absolute atomic E-state index is 12.3. The summed E-state index contributed by atoms with van der Waals surface area (Å²) in [4.78, 5) is 28.6. The number of hydrogen-bond acceptors (Lipinski definition) is 6. The standard InChI is InChI=1S/C20H25N3O3S/c1-15-5-3-4-6-16(15)13-22-8-10-23(11-9-22)14-18(24)21-19-17(7-12-27-19)20(25)26-2/h3-7,12H,8-11,13-14H2,1-2H3,(H,21,24). The lowest BCUT2D eigenvalue weighted by Crippen LogP contribution is -2.48. The molecule has 3 rings (SSSR count). The van der Waals surface area contributed by atoms with Gasteiger partial charge in [-0.15, -0.1) is 11.3 Å². The highest BCUT2D eigenvalue weighted by Crippen LogP contribution is 2.24. The molecular formula is C20H25N3O3S. The second-order valence-corrected chi connectivity index (χ2v) is 7.60. The van der Waals surface area contributed by atoms with Gasteiger partial charge in [0.2, 0.25) is 5.91 Å². The van der Waals surface area contributed by atoms with Crippen LogP contribution in [0.4, 0.5) is 5.00 Å². The third-order valence-electron chi connectivity index (χ3n) is 4.81. The smallest absolute Gasteiger partial charge is 0.340 e. The molecule has 0 radical (unpaired) electrons. The average molecular weight is 388 g/mol. The number of ether oxygens (including phenoxy) is 1. The van der Waals surface area contributed by atoms with Crippen molar-refractivity contribution in [2.75, 3.05) is 45.2 Å². The minimum atomic E-state index is -0.434. The molecule has 0 bridgehead atoms. The van der Waals surface area contributed by atoms with E-state index in [9.17, 15) is 9.59 Å². The predicted octanol–water partition coefficient (Wildman–Crippen LogP) is 2.60. The molecule has 2 aromatic rings. The second-order valence-electron chi connectivity index (χ2n) is 6.68. The Morgan fingerprint density at radius 1 is 1.11 bits per heavy atom. The molecule has 1 aliphatic rings. The lowest BCUT2D eigenvalue weighted by Gasteiger charge is -2.34. The molecule has 7 heteroatoms. The molecule has 2 heterocycles. The molecule has 27 heavy (non-hydrogen) atoms. The Kier molecular flexibility index (Phi) is 6.60. The number of benzene rings is 1. The highest BCUT2D eigenvalue weighted by atomic mass is 32.1. The van der Waals surface area contributed by atoms with Gasteiger partial charge in [0.1, 0.15) is 5.00 Å². The summed E-state index contributed by atoms with van der Waals surface area (Å²) in [5.41, 5.74) is 3.08. The average Bonchev–Trinajstić information content (AvgIpc) is 3.12. The number of nitrogens with one attached hydrogen (secondary N) is 1. The Morgan fingerprint density at radius 3 is 2.52 bits per heavy atom. The third kappa shape index (κ3) is 5.15. The Balaban J connectivity index is 1.46. The molecule has 1 aromatic carbocycles. The van der Waals surface area contributed by atoms with E-state index in [1.807, 2.05) is 0 Å². The zero-order chi connectivity index (χ0) is 19.2. The van der Waals surface area contributed by atoms with Crippen molar-refractivity contribution in [2.45, 2.75) is 13.5 Å². The van der Waals surface area contributed by atoms with Crippen LogP contribution >= 0.6 is 11.3 Å². The van der Waals surface area contributed by atoms with Gasteiger partial charge in [-0.3, -0.25) is 14.6 Å². The third-order valence-corrected chi connectivity index (χ3v) is 5.64. The van der Waals surface area contributed by atoms with Gasteiger partial charge in [-0.1, -0.05) is 24.3 Å². The first kappa shape index (κ1) is 19.5. The molecular weight excluding hydrogens is 362 g/mol. The van der Waals surface area contributed by atoms with Gasteiger partial charge in [0.15, 0.2) is 0 Å². The van der Waals surface area contributed by atoms with Crippen LogP contribution < -0.4 is 5.32 Å². The van der Waals surface area contributed by atoms with Gasteiger partial charge in [-0.05, 0) is 29.5 Å². The van der Waals surface area contributed by atoms with Crippen LogP contribution in [0, 0.1) is 6.92 Å². The maximum atomic E-state index is 12.3. The van der Waals surface area contributed by atoms with Gasteiger partial charge in [0.25, 0.3) is 0 Å². The normalized spacial score (nSPS) is 15.5. The first-order valence-corrected chi connectivity index (χ1v) is 9.89. The first-order chi connectivity index (χ1) is 13.1. The number of rotatable bonds is 6. The van der Waals surface area contributed by atoms with Crippen molar-refractivity contribution < 1.29 is 14.3 Å². The summed E-state index contributed by atoms with van der Waals surface area (Å²) in [7, 11) is 1.34. The van der Waals surface area contributed by atoms with Crippen LogP contribution in [0.2, 0.25) is 0 Å². The number of anilines is 1. The predicted molar refractivity (Wildman–Crippen MR) is 107 cm³/mol. The van der Waals surface area contributed by atoms with E-state index in [0.29, 0.717) is 17.1 Å². The van der Waals surface area contributed by atoms with Crippen molar-refractivity contribution in [2.24, 2.45) is 0 Å². The van der Waals surface area contributed by atoms with E-state index in [0.717, 1.165) is 32.7 Å². The lowest BCUT2D eigenvalue weighted by molar-refractivity contribution is -0.117. The first-order valence-electron chi connectivity index (χ1n) is 9.01. The van der Waals surface area contributed by atoms with Gasteiger partial charge >= 0.3 is 5.97 Å². The monoisotopic (exact) mass is 387 g/mol. The zero-order valence-electron chi connectivity index (χ0n) is 15.7. The molecule has 1 N–H and O–H groups in total. The van der Waals surface area contributed by atoms with Gasteiger partial charge in [-0.25, -0.2) is 4.79 Å². The van der Waals surface area contributed by atoms with E-state index >= 15 is 0 Å². The number of amides is 1. The lowest BCUT2D eigenvalue weighted by atomic mass is 10.1. The van der Waals surface area contributed by atoms with E-state index in [1.165, 1.54) is 29.6 Å². The van der Waals surface area contributed by atoms with Crippen LogP contribution in [-0.4, -0.2) is 61.5 Å². The summed E-state index contributed by atoms with van der Waals surface area (Å²) >= 11 is 1.33. The quantitative estimate of drug-likeness (QED) is 0.772. The van der Waals surface area contributed by atoms with Crippen LogP contribution in [-0.2, 0) is 16.1 Å². The number of piperazine rings is 1. The summed E-state index contributed by atoms with van der Waals surface area (Å²) in [6.45, 7) is 7.01. The van der Waals surface area contributed by atoms with Crippen molar-refractivity contribution in [3.63, 3.8) is 0 Å². The van der Waals surface area contributed by atoms with E-state index in [4.69, 9.17) is 4.74 Å². The number of aryl methyl sites for hydroxylation is 1. The van der Waals surface area contributed by atoms with Crippen molar-refractivity contribution in [1.29, 1.82) is 0 Å². The molecule has 0 saturated carbocycles. The number of esters is 1. The largest absolute Gasteiger partial charge is 0.465 e. The molecule has 1 amide bonds. The number of hydrogen-bond donors (Lipinski definition) is 1. The second kappa shape index (κ2) is 9.12. The van der Waals surface area contributed by atoms with Crippen LogP contribution in [0.3, 0.4) is 0 Å². The van der Waals surface area contributed by atoms with Crippen LogP contribution in [0.5, 0.6) is 0 Å². The fraction of sp³-hybridized carbons (Fsp3) is 0.400. The number of methoxy groups -OCH3 is 1. The number of thiophene rings is 1. The molecule has 0 spiro atoms. The van der Waals surface area contributed by atoms with Crippen molar-refractivity contribution in [1.82, 2.24) is 9.80 Å². The van der Waals surface area contributed by atoms with Crippen molar-refractivity contribution >= 4 is 28.2 Å². The Bertz CT molecular complexity index is 797. The summed E-state index contributed by atoms with van der Waals surface area (Å²) in [6.07, 6.45) is 0. The van der Waals surface area contributed by atoms with E-state index in [2.05, 4.69) is 46.3 Å². The van der Waals surface area contributed by atoms with E-state index < -0.39 is 5.97 Å². The summed E-state index contributed by atoms with van der Waals surface area (Å²) < 4.78 is 4.74. The fourth-order valence-corrected chi connectivity index (χ4v) is 3.97. The van der Waals surface area contributed by atoms with Gasteiger partial charge in [0, 0.05) is 32.7 Å². The van der Waals surface area contributed by atoms with Crippen LogP contribution in [0.25, 0.3) is 0 Å². The maximum Gasteiger partial charge on any atom is 0.340 e. The van der Waals surface area contributed by atoms with Gasteiger partial charge < -0.3 is 10.1 Å². The minimum absolute atomic E-state index is 0.102. The number of carbonyl (C=O) groups is 2. The Hall–Kier alpha value is -2.22. The zero-order valence-corrected chi connectivity index (χ0v) is 16.6. The molecule has 1 fully saturated rings. The molecule has 0 unspecified atom stereocenters. The summed E-state index contributed by atoms with van der Waals surface area (Å²) in [6, 6.07) is 10.1. The molecule has 1 aliphatic heterocycles. The molecule has 1 saturated heterocycles.